The SMILES string of the molecule is Cl.OCC1(c2ccccc2)CCCN(CC2CCCNC2)C1. The summed E-state index contributed by atoms with van der Waals surface area (Å²) >= 11 is 0. The van der Waals surface area contributed by atoms with Crippen LogP contribution in [0.1, 0.15) is 31.2 Å². The molecule has 1 aromatic rings. The van der Waals surface area contributed by atoms with Crippen molar-refractivity contribution >= 4 is 12.4 Å². The lowest BCUT2D eigenvalue weighted by molar-refractivity contribution is 0.0760. The molecule has 0 aliphatic carbocycles. The summed E-state index contributed by atoms with van der Waals surface area (Å²) in [7, 11) is 0. The van der Waals surface area contributed by atoms with E-state index in [1.807, 2.05) is 0 Å². The number of aliphatic hydroxyl groups excluding tert-OH is 1. The lowest BCUT2D eigenvalue weighted by Gasteiger charge is -2.43. The molecule has 22 heavy (non-hydrogen) atoms. The molecule has 0 saturated carbocycles. The molecule has 2 atom stereocenters. The zero-order valence-corrected chi connectivity index (χ0v) is 14.2. The van der Waals surface area contributed by atoms with Crippen molar-refractivity contribution in [1.82, 2.24) is 10.2 Å². The minimum Gasteiger partial charge on any atom is -0.395 e. The van der Waals surface area contributed by atoms with Gasteiger partial charge in [-0.15, -0.1) is 12.4 Å². The van der Waals surface area contributed by atoms with E-state index in [0.717, 1.165) is 25.4 Å². The molecule has 4 heteroatoms. The van der Waals surface area contributed by atoms with Gasteiger partial charge in [-0.3, -0.25) is 0 Å². The van der Waals surface area contributed by atoms with Gasteiger partial charge < -0.3 is 15.3 Å². The van der Waals surface area contributed by atoms with Crippen LogP contribution in [-0.4, -0.2) is 49.3 Å². The summed E-state index contributed by atoms with van der Waals surface area (Å²) in [6.07, 6.45) is 4.95. The van der Waals surface area contributed by atoms with Crippen LogP contribution in [-0.2, 0) is 5.41 Å². The van der Waals surface area contributed by atoms with E-state index in [4.69, 9.17) is 0 Å². The maximum Gasteiger partial charge on any atom is 0.0540 e. The van der Waals surface area contributed by atoms with Gasteiger partial charge in [-0.05, 0) is 56.8 Å². The Bertz CT molecular complexity index is 436. The maximum atomic E-state index is 10.1. The number of hydrogen-bond acceptors (Lipinski definition) is 3. The molecule has 0 bridgehead atoms. The molecule has 2 unspecified atom stereocenters. The van der Waals surface area contributed by atoms with Crippen molar-refractivity contribution in [2.75, 3.05) is 39.3 Å². The second-order valence-electron chi connectivity index (χ2n) is 6.86. The van der Waals surface area contributed by atoms with Crippen LogP contribution in [0.3, 0.4) is 0 Å². The van der Waals surface area contributed by atoms with E-state index < -0.39 is 0 Å². The molecule has 0 spiro atoms. The summed E-state index contributed by atoms with van der Waals surface area (Å²) < 4.78 is 0. The first-order valence-electron chi connectivity index (χ1n) is 8.42. The summed E-state index contributed by atoms with van der Waals surface area (Å²) in [5.41, 5.74) is 1.25. The Hall–Kier alpha value is -0.610. The van der Waals surface area contributed by atoms with Crippen LogP contribution < -0.4 is 5.32 Å². The Morgan fingerprint density at radius 2 is 2.05 bits per heavy atom. The number of piperidine rings is 2. The van der Waals surface area contributed by atoms with Crippen LogP contribution in [0.2, 0.25) is 0 Å². The van der Waals surface area contributed by atoms with Gasteiger partial charge >= 0.3 is 0 Å². The normalized spacial score (nSPS) is 29.8. The van der Waals surface area contributed by atoms with Gasteiger partial charge in [-0.25, -0.2) is 0 Å². The van der Waals surface area contributed by atoms with Gasteiger partial charge in [0.15, 0.2) is 0 Å². The van der Waals surface area contributed by atoms with E-state index in [9.17, 15) is 5.11 Å². The van der Waals surface area contributed by atoms with Crippen molar-refractivity contribution in [3.05, 3.63) is 35.9 Å². The highest BCUT2D eigenvalue weighted by Crippen LogP contribution is 2.34. The molecule has 3 rings (SSSR count). The molecule has 1 aromatic carbocycles. The molecular formula is C18H29ClN2O. The fourth-order valence-electron chi connectivity index (χ4n) is 4.08. The van der Waals surface area contributed by atoms with Gasteiger partial charge in [-0.2, -0.15) is 0 Å². The average Bonchev–Trinajstić information content (AvgIpc) is 2.57. The van der Waals surface area contributed by atoms with Crippen LogP contribution in [0.25, 0.3) is 0 Å². The number of aliphatic hydroxyl groups is 1. The van der Waals surface area contributed by atoms with Crippen molar-refractivity contribution in [3.8, 4) is 0 Å². The van der Waals surface area contributed by atoms with Crippen molar-refractivity contribution in [2.24, 2.45) is 5.92 Å². The van der Waals surface area contributed by atoms with Gasteiger partial charge in [0, 0.05) is 18.5 Å². The molecule has 2 N–H and O–H groups in total. The molecular weight excluding hydrogens is 296 g/mol. The third-order valence-electron chi connectivity index (χ3n) is 5.26. The van der Waals surface area contributed by atoms with Crippen molar-refractivity contribution in [2.45, 2.75) is 31.1 Å². The Kier molecular flexibility index (Phi) is 6.69. The van der Waals surface area contributed by atoms with Gasteiger partial charge in [-0.1, -0.05) is 30.3 Å². The van der Waals surface area contributed by atoms with E-state index in [-0.39, 0.29) is 24.4 Å². The summed E-state index contributed by atoms with van der Waals surface area (Å²) in [4.78, 5) is 2.59. The maximum absolute atomic E-state index is 10.1. The fraction of sp³-hybridized carbons (Fsp3) is 0.667. The lowest BCUT2D eigenvalue weighted by atomic mass is 9.74. The van der Waals surface area contributed by atoms with E-state index in [2.05, 4.69) is 40.5 Å². The standard InChI is InChI=1S/C18H28N2O.ClH/c21-15-18(17-7-2-1-3-8-17)9-5-11-20(14-18)13-16-6-4-10-19-12-16;/h1-3,7-8,16,19,21H,4-6,9-15H2;1H. The molecule has 2 fully saturated rings. The lowest BCUT2D eigenvalue weighted by Crippen LogP contribution is -2.50. The molecule has 124 valence electrons. The topological polar surface area (TPSA) is 35.5 Å². The molecule has 2 aliphatic heterocycles. The van der Waals surface area contributed by atoms with E-state index >= 15 is 0 Å². The fourth-order valence-corrected chi connectivity index (χ4v) is 4.08. The average molecular weight is 325 g/mol. The number of hydrogen-bond donors (Lipinski definition) is 2. The molecule has 0 amide bonds. The quantitative estimate of drug-likeness (QED) is 0.893. The Balaban J connectivity index is 0.00000176. The highest BCUT2D eigenvalue weighted by Gasteiger charge is 2.37. The van der Waals surface area contributed by atoms with E-state index in [1.54, 1.807) is 0 Å². The first-order chi connectivity index (χ1) is 10.3. The van der Waals surface area contributed by atoms with Gasteiger partial charge in [0.25, 0.3) is 0 Å². The number of rotatable bonds is 4. The Morgan fingerprint density at radius 1 is 1.23 bits per heavy atom. The molecule has 0 radical (unpaired) electrons. The van der Waals surface area contributed by atoms with Crippen LogP contribution in [0.4, 0.5) is 0 Å². The number of likely N-dealkylation sites (tertiary alicyclic amines) is 1. The number of nitrogens with zero attached hydrogens (tertiary/aromatic N) is 1. The largest absolute Gasteiger partial charge is 0.395 e. The summed E-state index contributed by atoms with van der Waals surface area (Å²) in [5.74, 6) is 0.781. The van der Waals surface area contributed by atoms with Crippen molar-refractivity contribution in [1.29, 1.82) is 0 Å². The second-order valence-corrected chi connectivity index (χ2v) is 6.86. The van der Waals surface area contributed by atoms with Crippen molar-refractivity contribution < 1.29 is 5.11 Å². The third-order valence-corrected chi connectivity index (χ3v) is 5.26. The van der Waals surface area contributed by atoms with Crippen LogP contribution in [0.15, 0.2) is 30.3 Å². The molecule has 2 saturated heterocycles. The third kappa shape index (κ3) is 4.02. The van der Waals surface area contributed by atoms with Crippen LogP contribution >= 0.6 is 12.4 Å². The summed E-state index contributed by atoms with van der Waals surface area (Å²) in [5, 5.41) is 13.6. The van der Waals surface area contributed by atoms with Gasteiger partial charge in [0.05, 0.1) is 6.61 Å². The first kappa shape index (κ1) is 17.7. The highest BCUT2D eigenvalue weighted by molar-refractivity contribution is 5.85. The summed E-state index contributed by atoms with van der Waals surface area (Å²) in [6.45, 7) is 5.97. The Morgan fingerprint density at radius 3 is 2.73 bits per heavy atom. The highest BCUT2D eigenvalue weighted by atomic mass is 35.5. The number of benzene rings is 1. The Labute approximate surface area is 140 Å². The number of nitrogens with one attached hydrogen (secondary N) is 1. The zero-order chi connectivity index (χ0) is 14.5. The van der Waals surface area contributed by atoms with E-state index in [1.165, 1.54) is 44.5 Å². The molecule has 0 aromatic heterocycles. The van der Waals surface area contributed by atoms with Crippen LogP contribution in [0, 0.1) is 5.92 Å². The van der Waals surface area contributed by atoms with Crippen LogP contribution in [0.5, 0.6) is 0 Å². The first-order valence-corrected chi connectivity index (χ1v) is 8.42. The zero-order valence-electron chi connectivity index (χ0n) is 13.3. The second kappa shape index (κ2) is 8.30. The van der Waals surface area contributed by atoms with E-state index in [0.29, 0.717) is 0 Å². The number of halogens is 1. The van der Waals surface area contributed by atoms with Crippen molar-refractivity contribution in [3.63, 3.8) is 0 Å². The van der Waals surface area contributed by atoms with Gasteiger partial charge in [0.1, 0.15) is 0 Å². The summed E-state index contributed by atoms with van der Waals surface area (Å²) in [6, 6.07) is 10.6. The molecule has 2 aliphatic rings. The predicted molar refractivity (Wildman–Crippen MR) is 93.7 cm³/mol. The van der Waals surface area contributed by atoms with Gasteiger partial charge in [0.2, 0.25) is 0 Å². The smallest absolute Gasteiger partial charge is 0.0540 e. The predicted octanol–water partition coefficient (Wildman–Crippen LogP) is 2.43. The monoisotopic (exact) mass is 324 g/mol. The minimum absolute atomic E-state index is 0. The minimum atomic E-state index is -0.0540. The molecule has 2 heterocycles. The molecule has 3 nitrogen and oxygen atoms in total.